The molecule has 12 heteroatoms. The van der Waals surface area contributed by atoms with Crippen molar-refractivity contribution in [3.05, 3.63) is 56.5 Å². The summed E-state index contributed by atoms with van der Waals surface area (Å²) in [6.45, 7) is -0.504. The van der Waals surface area contributed by atoms with Crippen molar-refractivity contribution >= 4 is 34.2 Å². The lowest BCUT2D eigenvalue weighted by atomic mass is 10.1. The molecule has 2 heterocycles. The molecule has 0 unspecified atom stereocenters. The predicted molar refractivity (Wildman–Crippen MR) is 102 cm³/mol. The van der Waals surface area contributed by atoms with Crippen LogP contribution in [-0.4, -0.2) is 20.7 Å². The first-order chi connectivity index (χ1) is 14.5. The van der Waals surface area contributed by atoms with Crippen LogP contribution in [0.5, 0.6) is 0 Å². The molecule has 0 bridgehead atoms. The van der Waals surface area contributed by atoms with Crippen LogP contribution in [0.1, 0.15) is 42.0 Å². The first kappa shape index (κ1) is 21.3. The van der Waals surface area contributed by atoms with Gasteiger partial charge in [-0.2, -0.15) is 18.3 Å². The Morgan fingerprint density at radius 1 is 1.29 bits per heavy atom. The first-order valence-electron chi connectivity index (χ1n) is 9.13. The fraction of sp³-hybridized carbons (Fsp3) is 0.316. The molecule has 2 aromatic heterocycles. The molecule has 1 aliphatic carbocycles. The zero-order chi connectivity index (χ0) is 22.5. The van der Waals surface area contributed by atoms with Gasteiger partial charge in [-0.3, -0.25) is 9.59 Å². The number of pyridine rings is 1. The number of benzene rings is 1. The van der Waals surface area contributed by atoms with Crippen LogP contribution >= 0.6 is 11.6 Å². The van der Waals surface area contributed by atoms with Crippen LogP contribution in [0.3, 0.4) is 0 Å². The van der Waals surface area contributed by atoms with Crippen molar-refractivity contribution in [1.82, 2.24) is 14.8 Å². The third-order valence-corrected chi connectivity index (χ3v) is 5.17. The smallest absolute Gasteiger partial charge is 0.324 e. The highest BCUT2D eigenvalue weighted by atomic mass is 35.5. The lowest BCUT2D eigenvalue weighted by molar-refractivity contribution is -0.137. The Balaban J connectivity index is 1.66. The highest BCUT2D eigenvalue weighted by Crippen LogP contribution is 2.44. The number of aromatic nitrogens is 3. The number of aromatic amines is 1. The van der Waals surface area contributed by atoms with Crippen molar-refractivity contribution in [3.8, 4) is 0 Å². The number of H-pyrrole nitrogens is 1. The molecule has 1 amide bonds. The monoisotopic (exact) mass is 460 g/mol. The second-order valence-electron chi connectivity index (χ2n) is 7.17. The maximum Gasteiger partial charge on any atom is 0.417 e. The van der Waals surface area contributed by atoms with Gasteiger partial charge in [-0.15, -0.1) is 0 Å². The molecule has 2 N–H and O–H groups in total. The van der Waals surface area contributed by atoms with Gasteiger partial charge in [0.25, 0.3) is 6.43 Å². The third-order valence-electron chi connectivity index (χ3n) is 4.84. The van der Waals surface area contributed by atoms with E-state index >= 15 is 0 Å². The van der Waals surface area contributed by atoms with Gasteiger partial charge >= 0.3 is 6.18 Å². The van der Waals surface area contributed by atoms with Gasteiger partial charge in [0.2, 0.25) is 11.5 Å². The van der Waals surface area contributed by atoms with Crippen molar-refractivity contribution in [3.63, 3.8) is 0 Å². The van der Waals surface area contributed by atoms with Gasteiger partial charge in [0.1, 0.15) is 12.2 Å². The summed E-state index contributed by atoms with van der Waals surface area (Å²) in [4.78, 5) is 26.7. The number of carbonyl (C=O) groups excluding carboxylic acids is 1. The third kappa shape index (κ3) is 4.27. The normalized spacial score (nSPS) is 14.4. The number of hydrogen-bond acceptors (Lipinski definition) is 3. The minimum Gasteiger partial charge on any atom is -0.324 e. The summed E-state index contributed by atoms with van der Waals surface area (Å²) in [6, 6.07) is 3.69. The molecule has 1 aromatic carbocycles. The molecule has 0 saturated heterocycles. The number of rotatable bonds is 5. The minimum absolute atomic E-state index is 0.0352. The maximum atomic E-state index is 13.5. The van der Waals surface area contributed by atoms with E-state index in [1.807, 2.05) is 0 Å². The zero-order valence-electron chi connectivity index (χ0n) is 15.6. The van der Waals surface area contributed by atoms with E-state index in [-0.39, 0.29) is 22.6 Å². The van der Waals surface area contributed by atoms with Crippen molar-refractivity contribution < 1.29 is 26.7 Å². The molecule has 164 valence electrons. The van der Waals surface area contributed by atoms with E-state index in [0.29, 0.717) is 11.8 Å². The molecule has 4 rings (SSSR count). The summed E-state index contributed by atoms with van der Waals surface area (Å²) in [6.07, 6.45) is -6.14. The molecule has 1 saturated carbocycles. The van der Waals surface area contributed by atoms with Crippen molar-refractivity contribution in [2.24, 2.45) is 0 Å². The van der Waals surface area contributed by atoms with Gasteiger partial charge in [-0.1, -0.05) is 11.6 Å². The SMILES string of the molecule is O=C(Cn1nc(C2CC2)c2c(C(F)F)cc(=O)[nH]c21)Nc1ccc(Cl)c(C(F)(F)F)c1. The highest BCUT2D eigenvalue weighted by Gasteiger charge is 2.34. The number of nitrogens with one attached hydrogen (secondary N) is 2. The van der Waals surface area contributed by atoms with E-state index in [9.17, 15) is 31.5 Å². The second kappa shape index (κ2) is 7.63. The molecule has 0 aliphatic heterocycles. The van der Waals surface area contributed by atoms with Gasteiger partial charge in [0.05, 0.1) is 16.3 Å². The standard InChI is InChI=1S/C19H14ClF5N4O2/c20-12-4-3-9(5-11(12)19(23,24)25)26-14(31)7-29-18-15(16(28-29)8-1-2-8)10(17(21)22)6-13(30)27-18/h3-6,8,17H,1-2,7H2,(H,26,31)(H,27,30). The molecule has 6 nitrogen and oxygen atoms in total. The number of halogens is 6. The van der Waals surface area contributed by atoms with E-state index < -0.39 is 46.8 Å². The van der Waals surface area contributed by atoms with Crippen LogP contribution in [0.15, 0.2) is 29.1 Å². The Kier molecular flexibility index (Phi) is 5.24. The molecule has 31 heavy (non-hydrogen) atoms. The average molecular weight is 461 g/mol. The topological polar surface area (TPSA) is 79.8 Å². The van der Waals surface area contributed by atoms with Gasteiger partial charge in [0.15, 0.2) is 0 Å². The average Bonchev–Trinajstić information content (AvgIpc) is 3.45. The van der Waals surface area contributed by atoms with E-state index in [4.69, 9.17) is 11.6 Å². The molecule has 3 aromatic rings. The lowest BCUT2D eigenvalue weighted by Crippen LogP contribution is -2.21. The number of amides is 1. The van der Waals surface area contributed by atoms with E-state index in [1.165, 1.54) is 6.07 Å². The molecule has 0 atom stereocenters. The zero-order valence-corrected chi connectivity index (χ0v) is 16.3. The summed E-state index contributed by atoms with van der Waals surface area (Å²) in [5, 5.41) is 6.12. The minimum atomic E-state index is -4.71. The molecule has 1 aliphatic rings. The Hall–Kier alpha value is -2.95. The van der Waals surface area contributed by atoms with Crippen LogP contribution in [0.2, 0.25) is 5.02 Å². The summed E-state index contributed by atoms with van der Waals surface area (Å²) in [7, 11) is 0. The van der Waals surface area contributed by atoms with Crippen LogP contribution in [0.25, 0.3) is 11.0 Å². The maximum absolute atomic E-state index is 13.5. The van der Waals surface area contributed by atoms with E-state index in [0.717, 1.165) is 29.7 Å². The van der Waals surface area contributed by atoms with Crippen LogP contribution in [0, 0.1) is 0 Å². The predicted octanol–water partition coefficient (Wildman–Crippen LogP) is 4.85. The summed E-state index contributed by atoms with van der Waals surface area (Å²) in [5.41, 5.74) is -2.19. The Bertz CT molecular complexity index is 1230. The summed E-state index contributed by atoms with van der Waals surface area (Å²) in [5.74, 6) is -0.814. The first-order valence-corrected chi connectivity index (χ1v) is 9.50. The van der Waals surface area contributed by atoms with Crippen molar-refractivity contribution in [2.45, 2.75) is 37.9 Å². The fourth-order valence-corrected chi connectivity index (χ4v) is 3.57. The highest BCUT2D eigenvalue weighted by molar-refractivity contribution is 6.31. The Labute approximate surface area is 176 Å². The Morgan fingerprint density at radius 3 is 2.61 bits per heavy atom. The number of nitrogens with zero attached hydrogens (tertiary/aromatic N) is 2. The number of carbonyl (C=O) groups is 1. The molecular weight excluding hydrogens is 447 g/mol. The summed E-state index contributed by atoms with van der Waals surface area (Å²) >= 11 is 5.56. The Morgan fingerprint density at radius 2 is 2.00 bits per heavy atom. The number of alkyl halides is 5. The van der Waals surface area contributed by atoms with Crippen LogP contribution < -0.4 is 10.9 Å². The second-order valence-corrected chi connectivity index (χ2v) is 7.58. The van der Waals surface area contributed by atoms with Gasteiger partial charge in [0, 0.05) is 28.6 Å². The molecular formula is C19H14ClF5N4O2. The van der Waals surface area contributed by atoms with Crippen molar-refractivity contribution in [1.29, 1.82) is 0 Å². The molecule has 0 spiro atoms. The quantitative estimate of drug-likeness (QED) is 0.534. The molecule has 1 fully saturated rings. The van der Waals surface area contributed by atoms with Gasteiger partial charge in [-0.25, -0.2) is 13.5 Å². The lowest BCUT2D eigenvalue weighted by Gasteiger charge is -2.12. The fourth-order valence-electron chi connectivity index (χ4n) is 3.34. The van der Waals surface area contributed by atoms with E-state index in [2.05, 4.69) is 15.4 Å². The number of hydrogen-bond donors (Lipinski definition) is 2. The molecule has 0 radical (unpaired) electrons. The number of anilines is 1. The van der Waals surface area contributed by atoms with Crippen LogP contribution in [0.4, 0.5) is 27.6 Å². The van der Waals surface area contributed by atoms with E-state index in [1.54, 1.807) is 0 Å². The van der Waals surface area contributed by atoms with Gasteiger partial charge < -0.3 is 10.3 Å². The van der Waals surface area contributed by atoms with Crippen LogP contribution in [-0.2, 0) is 17.5 Å². The van der Waals surface area contributed by atoms with Crippen molar-refractivity contribution in [2.75, 3.05) is 5.32 Å². The largest absolute Gasteiger partial charge is 0.417 e. The summed E-state index contributed by atoms with van der Waals surface area (Å²) < 4.78 is 67.1. The number of fused-ring (bicyclic) bond motifs is 1. The van der Waals surface area contributed by atoms with Gasteiger partial charge in [-0.05, 0) is 31.0 Å².